The first-order chi connectivity index (χ1) is 16.1. The SMILES string of the molecule is COC(=O)CCC(C)[C@H]1CCC2C3C[C@H](O)[C@H]4C[C@H](NCCN(C)C)CC[C@]4(C)C3CC[C@@]21C. The molecule has 0 radical (unpaired) electrons. The molecule has 0 aromatic carbocycles. The first-order valence-corrected chi connectivity index (χ1v) is 14.2. The van der Waals surface area contributed by atoms with Gasteiger partial charge in [-0.15, -0.1) is 0 Å². The van der Waals surface area contributed by atoms with Crippen LogP contribution in [-0.4, -0.2) is 62.4 Å². The fourth-order valence-electron chi connectivity index (χ4n) is 9.60. The van der Waals surface area contributed by atoms with Crippen molar-refractivity contribution in [2.75, 3.05) is 34.3 Å². The van der Waals surface area contributed by atoms with Gasteiger partial charge in [0.25, 0.3) is 0 Å². The van der Waals surface area contributed by atoms with Crippen LogP contribution >= 0.6 is 0 Å². The highest BCUT2D eigenvalue weighted by atomic mass is 16.5. The predicted molar refractivity (Wildman–Crippen MR) is 137 cm³/mol. The number of likely N-dealkylation sites (N-methyl/N-ethyl adjacent to an activating group) is 1. The molecule has 0 heterocycles. The Morgan fingerprint density at radius 1 is 1.06 bits per heavy atom. The standard InChI is InChI=1S/C29H52N2O3/c1-19(7-10-27(33)34-6)22-8-9-23-21-18-26(32)25-17-20(30-15-16-31(4)5)11-13-29(25,3)24(21)12-14-28(22,23)2/h19-26,30,32H,7-18H2,1-6H3/t19?,20-,21?,22-,23?,24?,25-,26+,28-,29-/m1/s1. The van der Waals surface area contributed by atoms with Gasteiger partial charge in [-0.25, -0.2) is 0 Å². The summed E-state index contributed by atoms with van der Waals surface area (Å²) >= 11 is 0. The fraction of sp³-hybridized carbons (Fsp3) is 0.966. The Morgan fingerprint density at radius 2 is 1.76 bits per heavy atom. The maximum absolute atomic E-state index is 11.7. The van der Waals surface area contributed by atoms with Crippen LogP contribution in [0.3, 0.4) is 0 Å². The van der Waals surface area contributed by atoms with Gasteiger partial charge in [0, 0.05) is 25.6 Å². The van der Waals surface area contributed by atoms with Crippen molar-refractivity contribution < 1.29 is 14.6 Å². The average molecular weight is 477 g/mol. The van der Waals surface area contributed by atoms with Crippen LogP contribution < -0.4 is 5.32 Å². The molecular weight excluding hydrogens is 424 g/mol. The average Bonchev–Trinajstić information content (AvgIpc) is 3.15. The third-order valence-corrected chi connectivity index (χ3v) is 11.5. The first kappa shape index (κ1) is 26.4. The van der Waals surface area contributed by atoms with Crippen molar-refractivity contribution in [3.8, 4) is 0 Å². The Morgan fingerprint density at radius 3 is 2.47 bits per heavy atom. The number of nitrogens with one attached hydrogen (secondary N) is 1. The number of aliphatic hydroxyl groups is 1. The minimum absolute atomic E-state index is 0.0727. The van der Waals surface area contributed by atoms with E-state index < -0.39 is 0 Å². The molecule has 10 atom stereocenters. The molecule has 4 aliphatic carbocycles. The molecule has 0 aromatic heterocycles. The molecular formula is C29H52N2O3. The van der Waals surface area contributed by atoms with Crippen LogP contribution in [-0.2, 0) is 9.53 Å². The molecule has 4 unspecified atom stereocenters. The van der Waals surface area contributed by atoms with E-state index in [9.17, 15) is 9.90 Å². The number of hydrogen-bond acceptors (Lipinski definition) is 5. The van der Waals surface area contributed by atoms with Crippen LogP contribution in [0.5, 0.6) is 0 Å². The van der Waals surface area contributed by atoms with Gasteiger partial charge in [-0.1, -0.05) is 20.8 Å². The van der Waals surface area contributed by atoms with E-state index in [0.29, 0.717) is 41.5 Å². The number of methoxy groups -OCH3 is 1. The second-order valence-corrected chi connectivity index (χ2v) is 13.3. The third kappa shape index (κ3) is 4.83. The Balaban J connectivity index is 1.43. The highest BCUT2D eigenvalue weighted by Gasteiger charge is 2.62. The van der Waals surface area contributed by atoms with Crippen molar-refractivity contribution in [2.45, 2.75) is 97.1 Å². The van der Waals surface area contributed by atoms with E-state index >= 15 is 0 Å². The zero-order valence-corrected chi connectivity index (χ0v) is 22.8. The van der Waals surface area contributed by atoms with Crippen molar-refractivity contribution in [1.82, 2.24) is 10.2 Å². The van der Waals surface area contributed by atoms with Gasteiger partial charge in [0.1, 0.15) is 0 Å². The molecule has 0 amide bonds. The lowest BCUT2D eigenvalue weighted by Gasteiger charge is -2.62. The van der Waals surface area contributed by atoms with Crippen LogP contribution in [0.15, 0.2) is 0 Å². The van der Waals surface area contributed by atoms with Gasteiger partial charge < -0.3 is 20.1 Å². The quantitative estimate of drug-likeness (QED) is 0.496. The van der Waals surface area contributed by atoms with Gasteiger partial charge in [0.05, 0.1) is 13.2 Å². The molecule has 0 spiro atoms. The van der Waals surface area contributed by atoms with E-state index in [1.54, 1.807) is 0 Å². The van der Waals surface area contributed by atoms with E-state index in [2.05, 4.69) is 45.1 Å². The second kappa shape index (κ2) is 10.4. The molecule has 5 heteroatoms. The van der Waals surface area contributed by atoms with E-state index in [4.69, 9.17) is 4.74 Å². The molecule has 34 heavy (non-hydrogen) atoms. The summed E-state index contributed by atoms with van der Waals surface area (Å²) in [7, 11) is 5.76. The summed E-state index contributed by atoms with van der Waals surface area (Å²) in [5.41, 5.74) is 0.655. The predicted octanol–water partition coefficient (Wildman–Crippen LogP) is 4.73. The van der Waals surface area contributed by atoms with Crippen LogP contribution in [0.1, 0.15) is 85.0 Å². The van der Waals surface area contributed by atoms with Gasteiger partial charge in [-0.05, 0) is 118 Å². The lowest BCUT2D eigenvalue weighted by molar-refractivity contribution is -0.162. The van der Waals surface area contributed by atoms with Crippen LogP contribution in [0.25, 0.3) is 0 Å². The van der Waals surface area contributed by atoms with Crippen molar-refractivity contribution in [3.05, 3.63) is 0 Å². The molecule has 196 valence electrons. The summed E-state index contributed by atoms with van der Waals surface area (Å²) in [5.74, 6) is 3.81. The molecule has 5 nitrogen and oxygen atoms in total. The van der Waals surface area contributed by atoms with Gasteiger partial charge in [0.15, 0.2) is 0 Å². The van der Waals surface area contributed by atoms with Crippen molar-refractivity contribution in [3.63, 3.8) is 0 Å². The van der Waals surface area contributed by atoms with E-state index in [0.717, 1.165) is 44.2 Å². The topological polar surface area (TPSA) is 61.8 Å². The number of rotatable bonds is 8. The smallest absolute Gasteiger partial charge is 0.305 e. The summed E-state index contributed by atoms with van der Waals surface area (Å²) in [5, 5.41) is 15.3. The number of ether oxygens (including phenoxy) is 1. The molecule has 4 fully saturated rings. The Hall–Kier alpha value is -0.650. The lowest BCUT2D eigenvalue weighted by atomic mass is 9.43. The number of esters is 1. The molecule has 4 saturated carbocycles. The monoisotopic (exact) mass is 476 g/mol. The lowest BCUT2D eigenvalue weighted by Crippen LogP contribution is -2.59. The van der Waals surface area contributed by atoms with Gasteiger partial charge in [-0.2, -0.15) is 0 Å². The first-order valence-electron chi connectivity index (χ1n) is 14.2. The minimum Gasteiger partial charge on any atom is -0.469 e. The molecule has 0 aliphatic heterocycles. The summed E-state index contributed by atoms with van der Waals surface area (Å²) in [6.07, 6.45) is 11.3. The number of carbonyl (C=O) groups excluding carboxylic acids is 1. The Kier molecular flexibility index (Phi) is 8.06. The molecule has 4 rings (SSSR count). The summed E-state index contributed by atoms with van der Waals surface area (Å²) < 4.78 is 4.91. The minimum atomic E-state index is -0.150. The third-order valence-electron chi connectivity index (χ3n) is 11.5. The summed E-state index contributed by atoms with van der Waals surface area (Å²) in [6, 6.07) is 0.560. The highest BCUT2D eigenvalue weighted by Crippen LogP contribution is 2.68. The van der Waals surface area contributed by atoms with Crippen molar-refractivity contribution in [2.24, 2.45) is 46.3 Å². The molecule has 0 bridgehead atoms. The largest absolute Gasteiger partial charge is 0.469 e. The summed E-state index contributed by atoms with van der Waals surface area (Å²) in [6.45, 7) is 9.59. The zero-order chi connectivity index (χ0) is 24.7. The highest BCUT2D eigenvalue weighted by molar-refractivity contribution is 5.69. The fourth-order valence-corrected chi connectivity index (χ4v) is 9.60. The maximum Gasteiger partial charge on any atom is 0.305 e. The number of fused-ring (bicyclic) bond motifs is 5. The van der Waals surface area contributed by atoms with Crippen LogP contribution in [0.4, 0.5) is 0 Å². The van der Waals surface area contributed by atoms with Gasteiger partial charge >= 0.3 is 5.97 Å². The molecule has 0 aromatic rings. The number of aliphatic hydroxyl groups excluding tert-OH is 1. The molecule has 2 N–H and O–H groups in total. The van der Waals surface area contributed by atoms with Crippen molar-refractivity contribution in [1.29, 1.82) is 0 Å². The van der Waals surface area contributed by atoms with Crippen LogP contribution in [0.2, 0.25) is 0 Å². The van der Waals surface area contributed by atoms with Gasteiger partial charge in [-0.3, -0.25) is 4.79 Å². The van der Waals surface area contributed by atoms with Gasteiger partial charge in [0.2, 0.25) is 0 Å². The van der Waals surface area contributed by atoms with E-state index in [-0.39, 0.29) is 17.5 Å². The van der Waals surface area contributed by atoms with Crippen molar-refractivity contribution >= 4 is 5.97 Å². The van der Waals surface area contributed by atoms with E-state index in [1.807, 2.05) is 0 Å². The van der Waals surface area contributed by atoms with E-state index in [1.165, 1.54) is 45.6 Å². The number of nitrogens with zero attached hydrogens (tertiary/aromatic N) is 1. The summed E-state index contributed by atoms with van der Waals surface area (Å²) in [4.78, 5) is 14.0. The Labute approximate surface area is 208 Å². The normalized spacial score (nSPS) is 44.8. The second-order valence-electron chi connectivity index (χ2n) is 13.3. The molecule has 0 saturated heterocycles. The number of carbonyl (C=O) groups is 1. The number of hydrogen-bond donors (Lipinski definition) is 2. The van der Waals surface area contributed by atoms with Crippen LogP contribution in [0, 0.1) is 46.3 Å². The maximum atomic E-state index is 11.7. The Bertz CT molecular complexity index is 713. The molecule has 4 aliphatic rings. The zero-order valence-electron chi connectivity index (χ0n) is 22.8.